The summed E-state index contributed by atoms with van der Waals surface area (Å²) in [5.41, 5.74) is 0.938. The maximum atomic E-state index is 12.0. The third-order valence-electron chi connectivity index (χ3n) is 11.5. The zero-order chi connectivity index (χ0) is 20.1. The zero-order valence-corrected chi connectivity index (χ0v) is 18.6. The third-order valence-corrected chi connectivity index (χ3v) is 11.5. The predicted octanol–water partition coefficient (Wildman–Crippen LogP) is 5.35. The van der Waals surface area contributed by atoms with Gasteiger partial charge in [0, 0.05) is 11.8 Å². The number of aliphatic hydroxyl groups excluding tert-OH is 1. The van der Waals surface area contributed by atoms with Crippen molar-refractivity contribution in [2.24, 2.45) is 45.3 Å². The van der Waals surface area contributed by atoms with Crippen LogP contribution >= 0.6 is 0 Å². The van der Waals surface area contributed by atoms with Crippen molar-refractivity contribution in [3.63, 3.8) is 0 Å². The second-order valence-electron chi connectivity index (χ2n) is 12.5. The van der Waals surface area contributed by atoms with Gasteiger partial charge in [-0.15, -0.1) is 0 Å². The smallest absolute Gasteiger partial charge is 0.306 e. The van der Waals surface area contributed by atoms with Crippen LogP contribution in [0.5, 0.6) is 0 Å². The molecule has 28 heavy (non-hydrogen) atoms. The van der Waals surface area contributed by atoms with Gasteiger partial charge >= 0.3 is 5.97 Å². The molecule has 0 aromatic heterocycles. The Morgan fingerprint density at radius 1 is 0.857 bits per heavy atom. The Labute approximate surface area is 171 Å². The Balaban J connectivity index is 1.52. The summed E-state index contributed by atoms with van der Waals surface area (Å²) in [5.74, 6) is 2.40. The van der Waals surface area contributed by atoms with Gasteiger partial charge in [-0.05, 0) is 84.9 Å². The number of hydrogen-bond donors (Lipinski definition) is 1. The molecule has 0 bridgehead atoms. The molecule has 0 aromatic carbocycles. The number of carbonyl (C=O) groups is 1. The van der Waals surface area contributed by atoms with Crippen LogP contribution in [0.15, 0.2) is 0 Å². The van der Waals surface area contributed by atoms with E-state index in [1.165, 1.54) is 38.5 Å². The maximum Gasteiger partial charge on any atom is 0.306 e. The highest BCUT2D eigenvalue weighted by molar-refractivity contribution is 5.72. The number of carbonyl (C=O) groups excluding carboxylic acids is 1. The lowest BCUT2D eigenvalue weighted by Gasteiger charge is -2.71. The zero-order valence-electron chi connectivity index (χ0n) is 18.6. The largest absolute Gasteiger partial charge is 0.462 e. The molecule has 0 spiro atoms. The van der Waals surface area contributed by atoms with Crippen molar-refractivity contribution in [3.8, 4) is 0 Å². The number of aliphatic hydroxyl groups is 1. The minimum Gasteiger partial charge on any atom is -0.462 e. The van der Waals surface area contributed by atoms with Crippen molar-refractivity contribution in [1.29, 1.82) is 0 Å². The van der Waals surface area contributed by atoms with E-state index in [2.05, 4.69) is 34.6 Å². The molecule has 5 fully saturated rings. The van der Waals surface area contributed by atoms with Crippen LogP contribution in [0.1, 0.15) is 92.4 Å². The summed E-state index contributed by atoms with van der Waals surface area (Å²) in [7, 11) is 0. The Hall–Kier alpha value is -0.570. The lowest BCUT2D eigenvalue weighted by molar-refractivity contribution is -0.244. The van der Waals surface area contributed by atoms with Gasteiger partial charge in [0.2, 0.25) is 0 Å². The Morgan fingerprint density at radius 2 is 1.57 bits per heavy atom. The van der Waals surface area contributed by atoms with Gasteiger partial charge in [-0.2, -0.15) is 0 Å². The van der Waals surface area contributed by atoms with Crippen LogP contribution in [0, 0.1) is 45.3 Å². The number of ether oxygens (including phenoxy) is 1. The summed E-state index contributed by atoms with van der Waals surface area (Å²) >= 11 is 0. The van der Waals surface area contributed by atoms with E-state index in [9.17, 15) is 9.90 Å². The molecule has 0 amide bonds. The number of hydrogen-bond acceptors (Lipinski definition) is 3. The lowest BCUT2D eigenvalue weighted by Crippen LogP contribution is -2.66. The first-order valence-corrected chi connectivity index (χ1v) is 11.9. The SMILES string of the molecule is CC1(C)[C@@H](O)CC[C@]2(C)[C@H]3CC[C@@H]4[C@@H]5OC(=O)C[C@@H]5CC[C@@]4(C)[C@]3(C)CC[C@@H]12. The summed E-state index contributed by atoms with van der Waals surface area (Å²) in [5, 5.41) is 10.8. The second kappa shape index (κ2) is 5.77. The summed E-state index contributed by atoms with van der Waals surface area (Å²) in [6.07, 6.45) is 10.2. The fraction of sp³-hybridized carbons (Fsp3) is 0.960. The fourth-order valence-electron chi connectivity index (χ4n) is 9.75. The minimum atomic E-state index is -0.157. The van der Waals surface area contributed by atoms with E-state index < -0.39 is 0 Å². The van der Waals surface area contributed by atoms with Crippen LogP contribution < -0.4 is 0 Å². The van der Waals surface area contributed by atoms with Gasteiger partial charge < -0.3 is 9.84 Å². The molecule has 5 aliphatic rings. The molecular formula is C25H40O3. The Kier molecular flexibility index (Phi) is 4.00. The monoisotopic (exact) mass is 388 g/mol. The van der Waals surface area contributed by atoms with Gasteiger partial charge in [0.05, 0.1) is 12.5 Å². The molecule has 0 unspecified atom stereocenters. The average molecular weight is 389 g/mol. The van der Waals surface area contributed by atoms with Gasteiger partial charge in [-0.25, -0.2) is 0 Å². The van der Waals surface area contributed by atoms with Crippen LogP contribution in [-0.2, 0) is 9.53 Å². The highest BCUT2D eigenvalue weighted by Gasteiger charge is 2.69. The molecule has 158 valence electrons. The molecule has 4 aliphatic carbocycles. The third kappa shape index (κ3) is 2.18. The number of rotatable bonds is 0. The van der Waals surface area contributed by atoms with E-state index in [4.69, 9.17) is 4.74 Å². The van der Waals surface area contributed by atoms with Crippen LogP contribution in [0.2, 0.25) is 0 Å². The summed E-state index contributed by atoms with van der Waals surface area (Å²) in [6.45, 7) is 12.4. The average Bonchev–Trinajstić information content (AvgIpc) is 2.99. The van der Waals surface area contributed by atoms with E-state index in [-0.39, 0.29) is 29.0 Å². The van der Waals surface area contributed by atoms with E-state index >= 15 is 0 Å². The van der Waals surface area contributed by atoms with Crippen molar-refractivity contribution in [3.05, 3.63) is 0 Å². The van der Waals surface area contributed by atoms with E-state index in [0.717, 1.165) is 18.8 Å². The molecule has 3 heteroatoms. The highest BCUT2D eigenvalue weighted by atomic mass is 16.6. The van der Waals surface area contributed by atoms with Gasteiger partial charge in [0.1, 0.15) is 6.10 Å². The maximum absolute atomic E-state index is 12.0. The van der Waals surface area contributed by atoms with Crippen molar-refractivity contribution in [1.82, 2.24) is 0 Å². The first-order chi connectivity index (χ1) is 13.0. The van der Waals surface area contributed by atoms with Crippen molar-refractivity contribution >= 4 is 5.97 Å². The molecule has 0 aromatic rings. The van der Waals surface area contributed by atoms with Gasteiger partial charge in [-0.3, -0.25) is 4.79 Å². The summed E-state index contributed by atoms with van der Waals surface area (Å²) in [4.78, 5) is 12.0. The molecule has 4 saturated carbocycles. The summed E-state index contributed by atoms with van der Waals surface area (Å²) in [6, 6.07) is 0. The fourth-order valence-corrected chi connectivity index (χ4v) is 9.75. The molecule has 1 aliphatic heterocycles. The number of esters is 1. The Bertz CT molecular complexity index is 685. The molecule has 1 saturated heterocycles. The molecule has 1 heterocycles. The quantitative estimate of drug-likeness (QED) is 0.569. The van der Waals surface area contributed by atoms with Crippen LogP contribution in [0.25, 0.3) is 0 Å². The first kappa shape index (κ1) is 19.4. The van der Waals surface area contributed by atoms with E-state index in [1.54, 1.807) is 0 Å². The highest BCUT2D eigenvalue weighted by Crippen LogP contribution is 2.74. The normalized spacial score (nSPS) is 57.4. The van der Waals surface area contributed by atoms with Crippen molar-refractivity contribution in [2.45, 2.75) is 105 Å². The van der Waals surface area contributed by atoms with E-state index in [1.807, 2.05) is 0 Å². The van der Waals surface area contributed by atoms with Crippen LogP contribution in [0.3, 0.4) is 0 Å². The molecule has 9 atom stereocenters. The predicted molar refractivity (Wildman–Crippen MR) is 110 cm³/mol. The van der Waals surface area contributed by atoms with Crippen molar-refractivity contribution in [2.75, 3.05) is 0 Å². The molecule has 1 N–H and O–H groups in total. The van der Waals surface area contributed by atoms with Crippen LogP contribution in [0.4, 0.5) is 0 Å². The van der Waals surface area contributed by atoms with Crippen LogP contribution in [-0.4, -0.2) is 23.3 Å². The molecule has 5 rings (SSSR count). The number of fused-ring (bicyclic) bond motifs is 7. The second-order valence-corrected chi connectivity index (χ2v) is 12.5. The lowest BCUT2D eigenvalue weighted by atomic mass is 9.33. The molecular weight excluding hydrogens is 348 g/mol. The van der Waals surface area contributed by atoms with E-state index in [0.29, 0.717) is 35.0 Å². The standard InChI is InChI=1S/C25H40O3/c1-22(2)17-9-13-25(5)18(23(17,3)11-10-19(22)26)7-6-16-21-15(14-20(27)28-21)8-12-24(16,25)4/h15-19,21,26H,6-14H2,1-5H3/t15-,16+,17-,18+,19-,21+,23-,24+,25+/m0/s1. The first-order valence-electron chi connectivity index (χ1n) is 11.9. The summed E-state index contributed by atoms with van der Waals surface area (Å²) < 4.78 is 5.93. The molecule has 3 nitrogen and oxygen atoms in total. The van der Waals surface area contributed by atoms with Gasteiger partial charge in [-0.1, -0.05) is 34.6 Å². The van der Waals surface area contributed by atoms with Crippen molar-refractivity contribution < 1.29 is 14.6 Å². The Morgan fingerprint density at radius 3 is 2.32 bits per heavy atom. The van der Waals surface area contributed by atoms with Gasteiger partial charge in [0.15, 0.2) is 0 Å². The minimum absolute atomic E-state index is 0.0186. The topological polar surface area (TPSA) is 46.5 Å². The molecule has 0 radical (unpaired) electrons. The van der Waals surface area contributed by atoms with Gasteiger partial charge in [0.25, 0.3) is 0 Å².